The first-order valence-electron chi connectivity index (χ1n) is 10.6. The lowest BCUT2D eigenvalue weighted by Gasteiger charge is -2.38. The molecule has 10 nitrogen and oxygen atoms in total. The van der Waals surface area contributed by atoms with Crippen molar-refractivity contribution in [1.29, 1.82) is 0 Å². The number of ether oxygens (including phenoxy) is 1. The molecule has 0 saturated carbocycles. The van der Waals surface area contributed by atoms with Gasteiger partial charge in [0.05, 0.1) is 29.3 Å². The molecule has 0 radical (unpaired) electrons. The van der Waals surface area contributed by atoms with Crippen LogP contribution in [-0.4, -0.2) is 28.2 Å². The van der Waals surface area contributed by atoms with E-state index in [1.807, 2.05) is 18.2 Å². The standard InChI is InChI=1S/C24H23N5O5S/c1-13-9-10-16(12-18(13)29(31)32)22-21(23(30)25-20-11-14(2)34-27-20)15(3)28(24(35)26-22)17-7-5-6-8-19(17)33-4/h5-12,22H,1-4H3,(H,26,35)(H,25,27,30)/t22-/m0/s1. The van der Waals surface area contributed by atoms with Crippen LogP contribution in [0.2, 0.25) is 0 Å². The van der Waals surface area contributed by atoms with Crippen molar-refractivity contribution < 1.29 is 19.0 Å². The summed E-state index contributed by atoms with van der Waals surface area (Å²) in [4.78, 5) is 26.4. The molecule has 0 fully saturated rings. The van der Waals surface area contributed by atoms with Gasteiger partial charge in [-0.3, -0.25) is 19.8 Å². The number of aryl methyl sites for hydroxylation is 2. The Morgan fingerprint density at radius 2 is 1.97 bits per heavy atom. The average molecular weight is 494 g/mol. The number of hydrogen-bond donors (Lipinski definition) is 2. The van der Waals surface area contributed by atoms with Crippen LogP contribution in [0.4, 0.5) is 17.2 Å². The molecule has 3 aromatic rings. The Kier molecular flexibility index (Phi) is 6.52. The number of allylic oxidation sites excluding steroid dienone is 1. The van der Waals surface area contributed by atoms with Crippen LogP contribution in [0.1, 0.15) is 29.9 Å². The maximum atomic E-state index is 13.6. The van der Waals surface area contributed by atoms with E-state index in [1.165, 1.54) is 6.07 Å². The maximum Gasteiger partial charge on any atom is 0.272 e. The van der Waals surface area contributed by atoms with Crippen molar-refractivity contribution in [2.24, 2.45) is 0 Å². The van der Waals surface area contributed by atoms with Crippen LogP contribution in [-0.2, 0) is 4.79 Å². The molecule has 4 rings (SSSR count). The van der Waals surface area contributed by atoms with Crippen molar-refractivity contribution in [3.05, 3.63) is 86.8 Å². The number of rotatable bonds is 6. The molecule has 1 aromatic heterocycles. The first-order chi connectivity index (χ1) is 16.7. The number of carbonyl (C=O) groups excluding carboxylic acids is 1. The molecule has 35 heavy (non-hydrogen) atoms. The van der Waals surface area contributed by atoms with Crippen LogP contribution in [0.25, 0.3) is 0 Å². The number of aromatic nitrogens is 1. The Bertz CT molecular complexity index is 1370. The highest BCUT2D eigenvalue weighted by atomic mass is 32.1. The lowest BCUT2D eigenvalue weighted by atomic mass is 9.93. The number of hydrogen-bond acceptors (Lipinski definition) is 7. The van der Waals surface area contributed by atoms with Crippen molar-refractivity contribution in [3.63, 3.8) is 0 Å². The fourth-order valence-corrected chi connectivity index (χ4v) is 4.36. The van der Waals surface area contributed by atoms with Gasteiger partial charge in [-0.05, 0) is 50.7 Å². The van der Waals surface area contributed by atoms with Crippen molar-refractivity contribution in [2.75, 3.05) is 17.3 Å². The summed E-state index contributed by atoms with van der Waals surface area (Å²) in [5, 5.41) is 21.7. The van der Waals surface area contributed by atoms with E-state index in [0.29, 0.717) is 44.7 Å². The van der Waals surface area contributed by atoms with E-state index >= 15 is 0 Å². The minimum Gasteiger partial charge on any atom is -0.495 e. The fraction of sp³-hybridized carbons (Fsp3) is 0.208. The van der Waals surface area contributed by atoms with Crippen molar-refractivity contribution in [2.45, 2.75) is 26.8 Å². The van der Waals surface area contributed by atoms with Gasteiger partial charge >= 0.3 is 0 Å². The van der Waals surface area contributed by atoms with Gasteiger partial charge in [-0.15, -0.1) is 0 Å². The minimum absolute atomic E-state index is 0.0492. The fourth-order valence-electron chi connectivity index (χ4n) is 4.00. The Hall–Kier alpha value is -4.25. The number of amides is 1. The molecule has 180 valence electrons. The van der Waals surface area contributed by atoms with E-state index in [4.69, 9.17) is 21.5 Å². The molecule has 2 N–H and O–H groups in total. The van der Waals surface area contributed by atoms with Gasteiger partial charge in [0.15, 0.2) is 10.9 Å². The maximum absolute atomic E-state index is 13.6. The number of benzene rings is 2. The summed E-state index contributed by atoms with van der Waals surface area (Å²) >= 11 is 5.69. The number of anilines is 2. The van der Waals surface area contributed by atoms with E-state index < -0.39 is 16.9 Å². The van der Waals surface area contributed by atoms with Crippen molar-refractivity contribution in [3.8, 4) is 5.75 Å². The zero-order valence-corrected chi connectivity index (χ0v) is 20.3. The average Bonchev–Trinajstić information content (AvgIpc) is 3.23. The number of carbonyl (C=O) groups is 1. The summed E-state index contributed by atoms with van der Waals surface area (Å²) < 4.78 is 10.6. The predicted molar refractivity (Wildman–Crippen MR) is 134 cm³/mol. The zero-order valence-electron chi connectivity index (χ0n) is 19.5. The summed E-state index contributed by atoms with van der Waals surface area (Å²) in [7, 11) is 1.55. The molecule has 0 unspecified atom stereocenters. The van der Waals surface area contributed by atoms with E-state index in [1.54, 1.807) is 57.0 Å². The summed E-state index contributed by atoms with van der Waals surface area (Å²) in [5.74, 6) is 0.889. The van der Waals surface area contributed by atoms with Crippen LogP contribution >= 0.6 is 12.2 Å². The molecule has 11 heteroatoms. The lowest BCUT2D eigenvalue weighted by molar-refractivity contribution is -0.385. The van der Waals surface area contributed by atoms with Crippen molar-refractivity contribution >= 4 is 40.4 Å². The molecule has 0 saturated heterocycles. The van der Waals surface area contributed by atoms with E-state index in [2.05, 4.69) is 15.8 Å². The Labute approximate surface area is 206 Å². The largest absolute Gasteiger partial charge is 0.495 e. The van der Waals surface area contributed by atoms with Gasteiger partial charge in [0.1, 0.15) is 11.5 Å². The first-order valence-corrected chi connectivity index (χ1v) is 11.1. The number of nitro groups is 1. The molecule has 2 aromatic carbocycles. The third-order valence-corrected chi connectivity index (χ3v) is 5.99. The molecule has 0 bridgehead atoms. The summed E-state index contributed by atoms with van der Waals surface area (Å²) in [5.41, 5.74) is 2.46. The lowest BCUT2D eigenvalue weighted by Crippen LogP contribution is -2.48. The molecular weight excluding hydrogens is 470 g/mol. The third-order valence-electron chi connectivity index (χ3n) is 5.69. The second-order valence-corrected chi connectivity index (χ2v) is 8.36. The number of nitrogens with zero attached hydrogens (tertiary/aromatic N) is 3. The van der Waals surface area contributed by atoms with Gasteiger partial charge in [0, 0.05) is 23.4 Å². The number of thiocarbonyl (C=S) groups is 1. The molecule has 2 heterocycles. The van der Waals surface area contributed by atoms with E-state index in [0.717, 1.165) is 0 Å². The van der Waals surface area contributed by atoms with Gasteiger partial charge < -0.3 is 19.9 Å². The van der Waals surface area contributed by atoms with Gasteiger partial charge in [0.2, 0.25) is 0 Å². The monoisotopic (exact) mass is 493 g/mol. The van der Waals surface area contributed by atoms with Crippen LogP contribution in [0.3, 0.4) is 0 Å². The Morgan fingerprint density at radius 3 is 2.63 bits per heavy atom. The van der Waals surface area contributed by atoms with Crippen molar-refractivity contribution in [1.82, 2.24) is 10.5 Å². The molecular formula is C24H23N5O5S. The highest BCUT2D eigenvalue weighted by molar-refractivity contribution is 7.80. The van der Waals surface area contributed by atoms with Crippen LogP contribution in [0.5, 0.6) is 5.75 Å². The quantitative estimate of drug-likeness (QED) is 0.289. The Morgan fingerprint density at radius 1 is 1.23 bits per heavy atom. The number of nitro benzene ring substituents is 1. The van der Waals surface area contributed by atoms with Crippen LogP contribution < -0.4 is 20.3 Å². The van der Waals surface area contributed by atoms with Gasteiger partial charge in [-0.2, -0.15) is 0 Å². The smallest absolute Gasteiger partial charge is 0.272 e. The second kappa shape index (κ2) is 9.55. The second-order valence-electron chi connectivity index (χ2n) is 7.97. The van der Waals surface area contributed by atoms with Gasteiger partial charge in [-0.25, -0.2) is 0 Å². The summed E-state index contributed by atoms with van der Waals surface area (Å²) in [6.45, 7) is 5.13. The SMILES string of the molecule is COc1ccccc1N1C(=S)N[C@@H](c2ccc(C)c([N+](=O)[O-])c2)C(C(=O)Nc2cc(C)on2)=C1C. The molecule has 1 aliphatic rings. The normalized spacial score (nSPS) is 15.6. The van der Waals surface area contributed by atoms with Gasteiger partial charge in [0.25, 0.3) is 11.6 Å². The molecule has 0 aliphatic carbocycles. The van der Waals surface area contributed by atoms with E-state index in [9.17, 15) is 14.9 Å². The van der Waals surface area contributed by atoms with Gasteiger partial charge in [-0.1, -0.05) is 29.4 Å². The summed E-state index contributed by atoms with van der Waals surface area (Å²) in [6.07, 6.45) is 0. The minimum atomic E-state index is -0.749. The number of nitrogens with one attached hydrogen (secondary N) is 2. The topological polar surface area (TPSA) is 123 Å². The summed E-state index contributed by atoms with van der Waals surface area (Å²) in [6, 6.07) is 13.0. The number of para-hydroxylation sites is 2. The highest BCUT2D eigenvalue weighted by Gasteiger charge is 2.36. The molecule has 1 aliphatic heterocycles. The molecule has 1 amide bonds. The predicted octanol–water partition coefficient (Wildman–Crippen LogP) is 4.56. The number of methoxy groups -OCH3 is 1. The third kappa shape index (κ3) is 4.58. The van der Waals surface area contributed by atoms with Crippen LogP contribution in [0, 0.1) is 24.0 Å². The van der Waals surface area contributed by atoms with E-state index in [-0.39, 0.29) is 11.5 Å². The Balaban J connectivity index is 1.87. The zero-order chi connectivity index (χ0) is 25.3. The highest BCUT2D eigenvalue weighted by Crippen LogP contribution is 2.38. The molecule has 0 spiro atoms. The first kappa shape index (κ1) is 23.9. The molecule has 1 atom stereocenters. The van der Waals surface area contributed by atoms with Crippen LogP contribution in [0.15, 0.2) is 64.3 Å².